The molecule has 1 amide bonds. The van der Waals surface area contributed by atoms with Crippen LogP contribution in [0.3, 0.4) is 0 Å². The number of carbonyl (C=O) groups is 2. The maximum absolute atomic E-state index is 11.9. The molecule has 0 aromatic heterocycles. The van der Waals surface area contributed by atoms with Gasteiger partial charge in [-0.3, -0.25) is 19.7 Å². The molecule has 0 aliphatic carbocycles. The summed E-state index contributed by atoms with van der Waals surface area (Å²) in [5.74, 6) is -0.477. The second-order valence-electron chi connectivity index (χ2n) is 4.70. The zero-order valence-electron chi connectivity index (χ0n) is 12.3. The molecule has 0 spiro atoms. The van der Waals surface area contributed by atoms with E-state index in [1.165, 1.54) is 25.1 Å². The van der Waals surface area contributed by atoms with E-state index in [9.17, 15) is 19.7 Å². The Morgan fingerprint density at radius 2 is 1.87 bits per heavy atom. The molecule has 0 aliphatic heterocycles. The Bertz CT molecular complexity index is 743. The van der Waals surface area contributed by atoms with E-state index in [1.54, 1.807) is 30.3 Å². The number of carbonyl (C=O) groups excluding carboxylic acids is 2. The number of nitro groups is 1. The Hall–Kier alpha value is -3.22. The molecule has 23 heavy (non-hydrogen) atoms. The minimum atomic E-state index is -0.628. The van der Waals surface area contributed by atoms with Crippen LogP contribution in [0.2, 0.25) is 0 Å². The van der Waals surface area contributed by atoms with Crippen LogP contribution in [0.5, 0.6) is 5.75 Å². The van der Waals surface area contributed by atoms with Crippen LogP contribution < -0.4 is 10.1 Å². The van der Waals surface area contributed by atoms with E-state index < -0.39 is 10.8 Å². The number of Topliss-reactive ketones (excluding diaryl/α,β-unsaturated/α-hetero) is 1. The van der Waals surface area contributed by atoms with Gasteiger partial charge in [-0.25, -0.2) is 0 Å². The molecule has 0 heterocycles. The molecule has 1 N–H and O–H groups in total. The van der Waals surface area contributed by atoms with Gasteiger partial charge in [0.2, 0.25) is 5.91 Å². The second kappa shape index (κ2) is 7.17. The number of anilines is 1. The van der Waals surface area contributed by atoms with Crippen LogP contribution >= 0.6 is 0 Å². The zero-order chi connectivity index (χ0) is 16.8. The number of nitro benzene ring substituents is 1. The molecule has 0 saturated carbocycles. The summed E-state index contributed by atoms with van der Waals surface area (Å²) in [5.41, 5.74) is 0.269. The lowest BCUT2D eigenvalue weighted by molar-refractivity contribution is -0.384. The number of ketones is 1. The average molecular weight is 314 g/mol. The number of hydrogen-bond donors (Lipinski definition) is 1. The Morgan fingerprint density at radius 3 is 2.48 bits per heavy atom. The smallest absolute Gasteiger partial charge is 0.296 e. The van der Waals surface area contributed by atoms with Gasteiger partial charge in [-0.1, -0.05) is 30.3 Å². The van der Waals surface area contributed by atoms with Gasteiger partial charge in [0.15, 0.2) is 12.4 Å². The fourth-order valence-electron chi connectivity index (χ4n) is 1.90. The molecule has 0 fully saturated rings. The van der Waals surface area contributed by atoms with Crippen LogP contribution in [-0.4, -0.2) is 23.2 Å². The summed E-state index contributed by atoms with van der Waals surface area (Å²) in [6, 6.07) is 12.6. The zero-order valence-corrected chi connectivity index (χ0v) is 12.3. The lowest BCUT2D eigenvalue weighted by atomic mass is 10.1. The quantitative estimate of drug-likeness (QED) is 0.502. The third kappa shape index (κ3) is 4.37. The lowest BCUT2D eigenvalue weighted by Crippen LogP contribution is -2.12. The van der Waals surface area contributed by atoms with Crippen molar-refractivity contribution in [2.24, 2.45) is 0 Å². The summed E-state index contributed by atoms with van der Waals surface area (Å²) in [5, 5.41) is 13.4. The highest BCUT2D eigenvalue weighted by molar-refractivity contribution is 5.97. The van der Waals surface area contributed by atoms with Crippen molar-refractivity contribution < 1.29 is 19.2 Å². The molecule has 2 aromatic carbocycles. The van der Waals surface area contributed by atoms with Crippen molar-refractivity contribution in [3.8, 4) is 5.75 Å². The monoisotopic (exact) mass is 314 g/mol. The number of nitrogens with zero attached hydrogens (tertiary/aromatic N) is 1. The minimum absolute atomic E-state index is 0.0734. The number of hydrogen-bond acceptors (Lipinski definition) is 5. The molecule has 0 bridgehead atoms. The van der Waals surface area contributed by atoms with Crippen molar-refractivity contribution >= 4 is 23.1 Å². The number of benzene rings is 2. The summed E-state index contributed by atoms with van der Waals surface area (Å²) < 4.78 is 5.31. The first-order valence-corrected chi connectivity index (χ1v) is 6.74. The van der Waals surface area contributed by atoms with Gasteiger partial charge in [-0.05, 0) is 12.1 Å². The predicted molar refractivity (Wildman–Crippen MR) is 83.7 cm³/mol. The first-order chi connectivity index (χ1) is 11.0. The van der Waals surface area contributed by atoms with Crippen molar-refractivity contribution in [1.29, 1.82) is 0 Å². The van der Waals surface area contributed by atoms with Gasteiger partial charge in [0.25, 0.3) is 5.69 Å². The molecule has 0 saturated heterocycles. The highest BCUT2D eigenvalue weighted by atomic mass is 16.6. The Balaban J connectivity index is 2.11. The van der Waals surface area contributed by atoms with Gasteiger partial charge >= 0.3 is 0 Å². The van der Waals surface area contributed by atoms with Gasteiger partial charge in [0.1, 0.15) is 11.4 Å². The fraction of sp³-hybridized carbons (Fsp3) is 0.125. The van der Waals surface area contributed by atoms with E-state index in [4.69, 9.17) is 4.74 Å². The lowest BCUT2D eigenvalue weighted by Gasteiger charge is -2.08. The number of nitrogens with one attached hydrogen (secondary N) is 1. The normalized spacial score (nSPS) is 9.96. The van der Waals surface area contributed by atoms with Gasteiger partial charge in [-0.2, -0.15) is 0 Å². The van der Waals surface area contributed by atoms with E-state index in [-0.39, 0.29) is 29.5 Å². The topological polar surface area (TPSA) is 98.5 Å². The van der Waals surface area contributed by atoms with Gasteiger partial charge in [0, 0.05) is 12.5 Å². The molecule has 7 nitrogen and oxygen atoms in total. The Kier molecular flexibility index (Phi) is 5.03. The van der Waals surface area contributed by atoms with Crippen LogP contribution in [0.15, 0.2) is 48.5 Å². The molecule has 0 atom stereocenters. The molecular formula is C16H14N2O5. The molecular weight excluding hydrogens is 300 g/mol. The molecule has 118 valence electrons. The SMILES string of the molecule is CC(=O)Nc1ccc(OCC(=O)c2ccccc2)cc1[N+](=O)[O-]. The van der Waals surface area contributed by atoms with Gasteiger partial charge < -0.3 is 10.1 Å². The molecule has 2 aromatic rings. The number of amides is 1. The van der Waals surface area contributed by atoms with Gasteiger partial charge in [0.05, 0.1) is 11.0 Å². The Morgan fingerprint density at radius 1 is 1.17 bits per heavy atom. The minimum Gasteiger partial charge on any atom is -0.485 e. The third-order valence-electron chi connectivity index (χ3n) is 2.94. The van der Waals surface area contributed by atoms with Crippen molar-refractivity contribution in [2.45, 2.75) is 6.92 Å². The maximum Gasteiger partial charge on any atom is 0.296 e. The highest BCUT2D eigenvalue weighted by Gasteiger charge is 2.16. The summed E-state index contributed by atoms with van der Waals surface area (Å²) >= 11 is 0. The van der Waals surface area contributed by atoms with E-state index >= 15 is 0 Å². The molecule has 2 rings (SSSR count). The predicted octanol–water partition coefficient (Wildman–Crippen LogP) is 2.81. The van der Waals surface area contributed by atoms with Crippen molar-refractivity contribution in [1.82, 2.24) is 0 Å². The Labute approximate surface area is 132 Å². The standard InChI is InChI=1S/C16H14N2O5/c1-11(19)17-14-8-7-13(9-15(14)18(21)22)23-10-16(20)12-5-3-2-4-6-12/h2-9H,10H2,1H3,(H,17,19). The summed E-state index contributed by atoms with van der Waals surface area (Å²) in [6.07, 6.45) is 0. The third-order valence-corrected chi connectivity index (χ3v) is 2.94. The number of ether oxygens (including phenoxy) is 1. The fourth-order valence-corrected chi connectivity index (χ4v) is 1.90. The molecule has 0 aliphatic rings. The van der Waals surface area contributed by atoms with Crippen molar-refractivity contribution in [3.63, 3.8) is 0 Å². The summed E-state index contributed by atoms with van der Waals surface area (Å²) in [4.78, 5) is 33.4. The van der Waals surface area contributed by atoms with Crippen molar-refractivity contribution in [2.75, 3.05) is 11.9 Å². The van der Waals surface area contributed by atoms with E-state index in [1.807, 2.05) is 0 Å². The van der Waals surface area contributed by atoms with Crippen LogP contribution in [0.4, 0.5) is 11.4 Å². The molecule has 0 radical (unpaired) electrons. The van der Waals surface area contributed by atoms with E-state index in [0.29, 0.717) is 5.56 Å². The second-order valence-corrected chi connectivity index (χ2v) is 4.70. The van der Waals surface area contributed by atoms with Gasteiger partial charge in [-0.15, -0.1) is 0 Å². The van der Waals surface area contributed by atoms with Crippen molar-refractivity contribution in [3.05, 3.63) is 64.2 Å². The number of rotatable bonds is 6. The van der Waals surface area contributed by atoms with E-state index in [0.717, 1.165) is 0 Å². The first kappa shape index (κ1) is 16.2. The van der Waals surface area contributed by atoms with Crippen LogP contribution in [0.25, 0.3) is 0 Å². The highest BCUT2D eigenvalue weighted by Crippen LogP contribution is 2.29. The van der Waals surface area contributed by atoms with Crippen LogP contribution in [0.1, 0.15) is 17.3 Å². The largest absolute Gasteiger partial charge is 0.485 e. The molecule has 0 unspecified atom stereocenters. The molecule has 7 heteroatoms. The summed E-state index contributed by atoms with van der Waals surface area (Å²) in [7, 11) is 0. The van der Waals surface area contributed by atoms with Crippen LogP contribution in [0, 0.1) is 10.1 Å². The maximum atomic E-state index is 11.9. The average Bonchev–Trinajstić information content (AvgIpc) is 2.53. The van der Waals surface area contributed by atoms with Crippen LogP contribution in [-0.2, 0) is 4.79 Å². The summed E-state index contributed by atoms with van der Waals surface area (Å²) in [6.45, 7) is 1.02. The van der Waals surface area contributed by atoms with E-state index in [2.05, 4.69) is 5.32 Å². The first-order valence-electron chi connectivity index (χ1n) is 6.74.